The Hall–Kier alpha value is 0.100. The Morgan fingerprint density at radius 2 is 2.28 bits per heavy atom. The molecule has 102 valence electrons. The minimum absolute atomic E-state index is 0.504. The summed E-state index contributed by atoms with van der Waals surface area (Å²) in [5, 5.41) is 12.9. The normalized spacial score (nSPS) is 26.2. The zero-order chi connectivity index (χ0) is 13.0. The summed E-state index contributed by atoms with van der Waals surface area (Å²) in [7, 11) is 0. The monoisotopic (exact) mass is 331 g/mol. The van der Waals surface area contributed by atoms with Crippen LogP contribution in [-0.2, 0) is 6.42 Å². The molecule has 0 spiro atoms. The molecule has 1 aromatic heterocycles. The summed E-state index contributed by atoms with van der Waals surface area (Å²) in [6, 6.07) is 2.07. The first kappa shape index (κ1) is 14.5. The Morgan fingerprint density at radius 3 is 2.94 bits per heavy atom. The molecule has 2 nitrogen and oxygen atoms in total. The molecule has 1 atom stereocenters. The molecule has 1 saturated heterocycles. The Morgan fingerprint density at radius 1 is 1.44 bits per heavy atom. The van der Waals surface area contributed by atoms with E-state index in [2.05, 4.69) is 39.2 Å². The Balaban J connectivity index is 1.97. The van der Waals surface area contributed by atoms with Crippen LogP contribution in [0.4, 0.5) is 0 Å². The van der Waals surface area contributed by atoms with Gasteiger partial charge in [-0.3, -0.25) is 0 Å². The lowest BCUT2D eigenvalue weighted by molar-refractivity contribution is 0.0263. The highest BCUT2D eigenvalue weighted by atomic mass is 79.9. The molecule has 0 bridgehead atoms. The van der Waals surface area contributed by atoms with Gasteiger partial charge in [0.25, 0.3) is 0 Å². The zero-order valence-corrected chi connectivity index (χ0v) is 13.4. The Bertz CT molecular complexity index is 382. The number of hydrogen-bond acceptors (Lipinski definition) is 3. The van der Waals surface area contributed by atoms with Gasteiger partial charge in [0, 0.05) is 22.3 Å². The van der Waals surface area contributed by atoms with E-state index in [0.717, 1.165) is 43.2 Å². The molecular formula is C14H22BrNOS. The third kappa shape index (κ3) is 3.80. The molecule has 18 heavy (non-hydrogen) atoms. The minimum Gasteiger partial charge on any atom is -0.389 e. The molecule has 0 aliphatic carbocycles. The van der Waals surface area contributed by atoms with Gasteiger partial charge in [0.15, 0.2) is 0 Å². The molecule has 1 N–H and O–H groups in total. The van der Waals surface area contributed by atoms with Crippen molar-refractivity contribution in [2.75, 3.05) is 19.6 Å². The summed E-state index contributed by atoms with van der Waals surface area (Å²) in [6.07, 6.45) is 4.94. The SMILES string of the molecule is CCCN1CCCC(O)(Cc2sccc2Br)CC1. The number of halogens is 1. The average Bonchev–Trinajstić information content (AvgIpc) is 2.62. The molecule has 1 aliphatic heterocycles. The number of likely N-dealkylation sites (tertiary alicyclic amines) is 1. The molecule has 1 aliphatic rings. The average molecular weight is 332 g/mol. The third-order valence-corrected chi connectivity index (χ3v) is 5.66. The maximum absolute atomic E-state index is 10.8. The van der Waals surface area contributed by atoms with E-state index in [0.29, 0.717) is 0 Å². The second-order valence-electron chi connectivity index (χ2n) is 5.29. The van der Waals surface area contributed by atoms with Gasteiger partial charge >= 0.3 is 0 Å². The van der Waals surface area contributed by atoms with Gasteiger partial charge in [0.05, 0.1) is 5.60 Å². The molecule has 0 aromatic carbocycles. The van der Waals surface area contributed by atoms with Crippen LogP contribution in [0.15, 0.2) is 15.9 Å². The van der Waals surface area contributed by atoms with E-state index >= 15 is 0 Å². The van der Waals surface area contributed by atoms with Gasteiger partial charge < -0.3 is 10.0 Å². The maximum Gasteiger partial charge on any atom is 0.0708 e. The predicted molar refractivity (Wildman–Crippen MR) is 81.3 cm³/mol. The van der Waals surface area contributed by atoms with Gasteiger partial charge in [0.1, 0.15) is 0 Å². The fourth-order valence-electron chi connectivity index (χ4n) is 2.70. The van der Waals surface area contributed by atoms with E-state index in [4.69, 9.17) is 0 Å². The highest BCUT2D eigenvalue weighted by Crippen LogP contribution is 2.32. The van der Waals surface area contributed by atoms with Crippen molar-refractivity contribution >= 4 is 27.3 Å². The summed E-state index contributed by atoms with van der Waals surface area (Å²) in [5.41, 5.74) is -0.504. The summed E-state index contributed by atoms with van der Waals surface area (Å²) in [4.78, 5) is 3.77. The van der Waals surface area contributed by atoms with Crippen LogP contribution in [0, 0.1) is 0 Å². The lowest BCUT2D eigenvalue weighted by Crippen LogP contribution is -2.33. The van der Waals surface area contributed by atoms with Crippen molar-refractivity contribution in [3.8, 4) is 0 Å². The predicted octanol–water partition coefficient (Wildman–Crippen LogP) is 3.68. The van der Waals surface area contributed by atoms with Crippen LogP contribution >= 0.6 is 27.3 Å². The van der Waals surface area contributed by atoms with E-state index in [-0.39, 0.29) is 0 Å². The molecule has 0 amide bonds. The first-order chi connectivity index (χ1) is 8.63. The summed E-state index contributed by atoms with van der Waals surface area (Å²) in [5.74, 6) is 0. The number of thiophene rings is 1. The Kier molecular flexibility index (Phi) is 5.24. The second kappa shape index (κ2) is 6.51. The highest BCUT2D eigenvalue weighted by Gasteiger charge is 2.31. The van der Waals surface area contributed by atoms with E-state index in [1.165, 1.54) is 17.8 Å². The van der Waals surface area contributed by atoms with Crippen molar-refractivity contribution < 1.29 is 5.11 Å². The fourth-order valence-corrected chi connectivity index (χ4v) is 4.33. The third-order valence-electron chi connectivity index (χ3n) is 3.73. The van der Waals surface area contributed by atoms with Crippen molar-refractivity contribution in [1.29, 1.82) is 0 Å². The van der Waals surface area contributed by atoms with Crippen LogP contribution in [-0.4, -0.2) is 35.2 Å². The number of rotatable bonds is 4. The molecular weight excluding hydrogens is 310 g/mol. The topological polar surface area (TPSA) is 23.5 Å². The van der Waals surface area contributed by atoms with Crippen molar-refractivity contribution in [3.63, 3.8) is 0 Å². The lowest BCUT2D eigenvalue weighted by Gasteiger charge is -2.26. The number of hydrogen-bond donors (Lipinski definition) is 1. The van der Waals surface area contributed by atoms with Gasteiger partial charge in [-0.25, -0.2) is 0 Å². The summed E-state index contributed by atoms with van der Waals surface area (Å²) < 4.78 is 1.15. The van der Waals surface area contributed by atoms with E-state index in [1.54, 1.807) is 11.3 Å². The first-order valence-electron chi connectivity index (χ1n) is 6.79. The van der Waals surface area contributed by atoms with Crippen LogP contribution in [0.25, 0.3) is 0 Å². The number of nitrogens with zero attached hydrogens (tertiary/aromatic N) is 1. The summed E-state index contributed by atoms with van der Waals surface area (Å²) >= 11 is 5.30. The molecule has 2 heterocycles. The molecule has 4 heteroatoms. The maximum atomic E-state index is 10.8. The molecule has 1 aromatic rings. The van der Waals surface area contributed by atoms with Crippen molar-refractivity contribution in [3.05, 3.63) is 20.8 Å². The van der Waals surface area contributed by atoms with E-state index < -0.39 is 5.60 Å². The van der Waals surface area contributed by atoms with Crippen molar-refractivity contribution in [2.45, 2.75) is 44.6 Å². The summed E-state index contributed by atoms with van der Waals surface area (Å²) in [6.45, 7) is 5.56. The van der Waals surface area contributed by atoms with Crippen LogP contribution in [0.3, 0.4) is 0 Å². The number of aliphatic hydroxyl groups is 1. The van der Waals surface area contributed by atoms with Gasteiger partial charge in [-0.15, -0.1) is 11.3 Å². The smallest absolute Gasteiger partial charge is 0.0708 e. The van der Waals surface area contributed by atoms with Gasteiger partial charge in [0.2, 0.25) is 0 Å². The van der Waals surface area contributed by atoms with Crippen LogP contribution in [0.5, 0.6) is 0 Å². The molecule has 0 radical (unpaired) electrons. The quantitative estimate of drug-likeness (QED) is 0.909. The first-order valence-corrected chi connectivity index (χ1v) is 8.47. The van der Waals surface area contributed by atoms with Gasteiger partial charge in [-0.2, -0.15) is 0 Å². The largest absolute Gasteiger partial charge is 0.389 e. The molecule has 1 unspecified atom stereocenters. The van der Waals surface area contributed by atoms with Crippen LogP contribution < -0.4 is 0 Å². The lowest BCUT2D eigenvalue weighted by atomic mass is 9.90. The van der Waals surface area contributed by atoms with E-state index in [9.17, 15) is 5.11 Å². The Labute approximate surface area is 122 Å². The highest BCUT2D eigenvalue weighted by molar-refractivity contribution is 9.10. The van der Waals surface area contributed by atoms with Gasteiger partial charge in [-0.1, -0.05) is 6.92 Å². The van der Waals surface area contributed by atoms with Gasteiger partial charge in [-0.05, 0) is 66.1 Å². The fraction of sp³-hybridized carbons (Fsp3) is 0.714. The van der Waals surface area contributed by atoms with Crippen molar-refractivity contribution in [2.24, 2.45) is 0 Å². The molecule has 0 saturated carbocycles. The molecule has 1 fully saturated rings. The molecule has 2 rings (SSSR count). The minimum atomic E-state index is -0.504. The zero-order valence-electron chi connectivity index (χ0n) is 11.0. The standard InChI is InChI=1S/C14H22BrNOS/c1-2-7-16-8-3-5-14(17,6-9-16)11-13-12(15)4-10-18-13/h4,10,17H,2-3,5-9,11H2,1H3. The van der Waals surface area contributed by atoms with Crippen LogP contribution in [0.2, 0.25) is 0 Å². The van der Waals surface area contributed by atoms with E-state index in [1.807, 2.05) is 0 Å². The van der Waals surface area contributed by atoms with Crippen molar-refractivity contribution in [1.82, 2.24) is 4.90 Å². The van der Waals surface area contributed by atoms with Crippen LogP contribution in [0.1, 0.15) is 37.5 Å². The second-order valence-corrected chi connectivity index (χ2v) is 7.14.